The normalized spacial score (nSPS) is 10.5. The first-order chi connectivity index (χ1) is 8.02. The first-order valence-corrected chi connectivity index (χ1v) is 5.59. The van der Waals surface area contributed by atoms with Crippen molar-refractivity contribution in [3.63, 3.8) is 0 Å². The van der Waals surface area contributed by atoms with Crippen LogP contribution in [0.5, 0.6) is 0 Å². The van der Waals surface area contributed by atoms with Crippen LogP contribution in [0.25, 0.3) is 0 Å². The molecule has 2 N–H and O–H groups in total. The number of furan rings is 1. The number of rotatable bonds is 6. The molecule has 0 atom stereocenters. The summed E-state index contributed by atoms with van der Waals surface area (Å²) in [5.41, 5.74) is 0.523. The molecule has 1 aromatic rings. The molecule has 0 bridgehead atoms. The molecule has 0 saturated carbocycles. The van der Waals surface area contributed by atoms with E-state index in [0.717, 1.165) is 0 Å². The molecule has 0 aromatic carbocycles. The lowest BCUT2D eigenvalue weighted by molar-refractivity contribution is -0.137. The smallest absolute Gasteiger partial charge is 0.303 e. The number of amides is 1. The van der Waals surface area contributed by atoms with Gasteiger partial charge in [-0.05, 0) is 12.5 Å². The van der Waals surface area contributed by atoms with Crippen molar-refractivity contribution < 1.29 is 19.1 Å². The molecule has 0 spiro atoms. The van der Waals surface area contributed by atoms with Gasteiger partial charge in [-0.15, -0.1) is 0 Å². The molecular formula is C12H17NO4. The highest BCUT2D eigenvalue weighted by atomic mass is 16.4. The van der Waals surface area contributed by atoms with Crippen LogP contribution in [0.2, 0.25) is 0 Å². The molecule has 0 aliphatic carbocycles. The van der Waals surface area contributed by atoms with E-state index in [4.69, 9.17) is 9.52 Å². The lowest BCUT2D eigenvalue weighted by atomic mass is 10.1. The first-order valence-electron chi connectivity index (χ1n) is 5.59. The monoisotopic (exact) mass is 239 g/mol. The van der Waals surface area contributed by atoms with Crippen LogP contribution >= 0.6 is 0 Å². The molecule has 0 fully saturated rings. The van der Waals surface area contributed by atoms with E-state index in [2.05, 4.69) is 5.32 Å². The lowest BCUT2D eigenvalue weighted by Gasteiger charge is -2.06. The molecule has 5 heteroatoms. The minimum atomic E-state index is -0.856. The summed E-state index contributed by atoms with van der Waals surface area (Å²) in [7, 11) is 0. The Morgan fingerprint density at radius 2 is 2.18 bits per heavy atom. The second-order valence-corrected chi connectivity index (χ2v) is 4.11. The van der Waals surface area contributed by atoms with Crippen molar-refractivity contribution in [3.8, 4) is 0 Å². The minimum Gasteiger partial charge on any atom is -0.481 e. The van der Waals surface area contributed by atoms with E-state index in [1.165, 1.54) is 6.26 Å². The summed E-state index contributed by atoms with van der Waals surface area (Å²) in [5, 5.41) is 11.1. The maximum Gasteiger partial charge on any atom is 0.303 e. The van der Waals surface area contributed by atoms with E-state index < -0.39 is 5.97 Å². The topological polar surface area (TPSA) is 79.5 Å². The molecule has 1 aromatic heterocycles. The van der Waals surface area contributed by atoms with E-state index >= 15 is 0 Å². The third-order valence-electron chi connectivity index (χ3n) is 2.32. The van der Waals surface area contributed by atoms with Gasteiger partial charge in [-0.2, -0.15) is 0 Å². The van der Waals surface area contributed by atoms with Crippen molar-refractivity contribution >= 4 is 11.9 Å². The Morgan fingerprint density at radius 1 is 1.47 bits per heavy atom. The second-order valence-electron chi connectivity index (χ2n) is 4.11. The molecule has 1 rings (SSSR count). The fraction of sp³-hybridized carbons (Fsp3) is 0.500. The number of carbonyl (C=O) groups is 2. The predicted octanol–water partition coefficient (Wildman–Crippen LogP) is 2.00. The van der Waals surface area contributed by atoms with Gasteiger partial charge in [-0.3, -0.25) is 9.59 Å². The molecule has 0 unspecified atom stereocenters. The number of hydrogen-bond donors (Lipinski definition) is 2. The largest absolute Gasteiger partial charge is 0.481 e. The van der Waals surface area contributed by atoms with Crippen LogP contribution < -0.4 is 5.32 Å². The summed E-state index contributed by atoms with van der Waals surface area (Å²) in [6.45, 7) is 4.24. The number of nitrogens with one attached hydrogen (secondary N) is 1. The van der Waals surface area contributed by atoms with Crippen molar-refractivity contribution in [3.05, 3.63) is 23.7 Å². The third-order valence-corrected chi connectivity index (χ3v) is 2.32. The van der Waals surface area contributed by atoms with Crippen LogP contribution in [0.4, 0.5) is 0 Å². The summed E-state index contributed by atoms with van der Waals surface area (Å²) in [6.07, 6.45) is 1.97. The standard InChI is InChI=1S/C12H17NO4/c1-8(2)11-9(5-7-17-11)12(16)13-6-3-4-10(14)15/h5,7-8H,3-4,6H2,1-2H3,(H,13,16)(H,14,15). The quantitative estimate of drug-likeness (QED) is 0.744. The summed E-state index contributed by atoms with van der Waals surface area (Å²) in [6, 6.07) is 1.63. The van der Waals surface area contributed by atoms with Gasteiger partial charge in [0.2, 0.25) is 0 Å². The Kier molecular flexibility index (Phi) is 4.75. The molecule has 0 radical (unpaired) electrons. The molecule has 17 heavy (non-hydrogen) atoms. The number of aliphatic carboxylic acids is 1. The number of hydrogen-bond acceptors (Lipinski definition) is 3. The number of carboxylic acids is 1. The van der Waals surface area contributed by atoms with Crippen molar-refractivity contribution in [2.24, 2.45) is 0 Å². The number of carbonyl (C=O) groups excluding carboxylic acids is 1. The van der Waals surface area contributed by atoms with Crippen molar-refractivity contribution in [2.45, 2.75) is 32.6 Å². The van der Waals surface area contributed by atoms with Crippen LogP contribution in [0, 0.1) is 0 Å². The fourth-order valence-corrected chi connectivity index (χ4v) is 1.49. The molecule has 0 aliphatic rings. The van der Waals surface area contributed by atoms with Crippen LogP contribution in [-0.4, -0.2) is 23.5 Å². The maximum absolute atomic E-state index is 11.8. The Bertz CT molecular complexity index is 395. The molecule has 5 nitrogen and oxygen atoms in total. The van der Waals surface area contributed by atoms with Gasteiger partial charge in [-0.1, -0.05) is 13.8 Å². The van der Waals surface area contributed by atoms with Gasteiger partial charge in [0, 0.05) is 18.9 Å². The zero-order valence-corrected chi connectivity index (χ0v) is 10.0. The highest BCUT2D eigenvalue weighted by molar-refractivity contribution is 5.95. The second kappa shape index (κ2) is 6.08. The fourth-order valence-electron chi connectivity index (χ4n) is 1.49. The summed E-state index contributed by atoms with van der Waals surface area (Å²) >= 11 is 0. The third kappa shape index (κ3) is 3.94. The first kappa shape index (κ1) is 13.3. The van der Waals surface area contributed by atoms with Gasteiger partial charge in [0.1, 0.15) is 5.76 Å². The summed E-state index contributed by atoms with van der Waals surface area (Å²) in [4.78, 5) is 22.0. The Labute approximate surface area is 99.8 Å². The van der Waals surface area contributed by atoms with Crippen LogP contribution in [0.1, 0.15) is 48.7 Å². The van der Waals surface area contributed by atoms with E-state index in [-0.39, 0.29) is 18.2 Å². The van der Waals surface area contributed by atoms with Gasteiger partial charge in [0.25, 0.3) is 5.91 Å². The predicted molar refractivity (Wildman–Crippen MR) is 62.0 cm³/mol. The summed E-state index contributed by atoms with van der Waals surface area (Å²) in [5.74, 6) is -0.274. The molecule has 0 saturated heterocycles. The van der Waals surface area contributed by atoms with Crippen molar-refractivity contribution in [1.82, 2.24) is 5.32 Å². The van der Waals surface area contributed by atoms with Crippen LogP contribution in [0.15, 0.2) is 16.7 Å². The lowest BCUT2D eigenvalue weighted by Crippen LogP contribution is -2.25. The zero-order valence-electron chi connectivity index (χ0n) is 10.0. The molecule has 94 valence electrons. The van der Waals surface area contributed by atoms with Gasteiger partial charge in [-0.25, -0.2) is 0 Å². The average Bonchev–Trinajstić information content (AvgIpc) is 2.72. The van der Waals surface area contributed by atoms with Gasteiger partial charge < -0.3 is 14.8 Å². The summed E-state index contributed by atoms with van der Waals surface area (Å²) < 4.78 is 5.24. The molecule has 1 heterocycles. The van der Waals surface area contributed by atoms with Gasteiger partial charge >= 0.3 is 5.97 Å². The van der Waals surface area contributed by atoms with E-state index in [1.54, 1.807) is 6.07 Å². The van der Waals surface area contributed by atoms with Crippen molar-refractivity contribution in [2.75, 3.05) is 6.54 Å². The average molecular weight is 239 g/mol. The van der Waals surface area contributed by atoms with Crippen molar-refractivity contribution in [1.29, 1.82) is 0 Å². The minimum absolute atomic E-state index is 0.0582. The molecule has 1 amide bonds. The zero-order chi connectivity index (χ0) is 12.8. The SMILES string of the molecule is CC(C)c1occc1C(=O)NCCCC(=O)O. The Hall–Kier alpha value is -1.78. The Morgan fingerprint density at radius 3 is 2.76 bits per heavy atom. The van der Waals surface area contributed by atoms with E-state index in [9.17, 15) is 9.59 Å². The molecular weight excluding hydrogens is 222 g/mol. The van der Waals surface area contributed by atoms with E-state index in [0.29, 0.717) is 24.3 Å². The van der Waals surface area contributed by atoms with Crippen LogP contribution in [0.3, 0.4) is 0 Å². The molecule has 0 aliphatic heterocycles. The number of carboxylic acid groups (broad SMARTS) is 1. The van der Waals surface area contributed by atoms with E-state index in [1.807, 2.05) is 13.8 Å². The van der Waals surface area contributed by atoms with Gasteiger partial charge in [0.15, 0.2) is 0 Å². The van der Waals surface area contributed by atoms with Gasteiger partial charge in [0.05, 0.1) is 11.8 Å². The van der Waals surface area contributed by atoms with Crippen LogP contribution in [-0.2, 0) is 4.79 Å². The highest BCUT2D eigenvalue weighted by Crippen LogP contribution is 2.20. The highest BCUT2D eigenvalue weighted by Gasteiger charge is 2.16. The maximum atomic E-state index is 11.8. The Balaban J connectivity index is 2.47.